The summed E-state index contributed by atoms with van der Waals surface area (Å²) in [6.45, 7) is 2.00. The molecule has 0 atom stereocenters. The Hall–Kier alpha value is -4.31. The van der Waals surface area contributed by atoms with Crippen molar-refractivity contribution in [1.29, 1.82) is 0 Å². The molecule has 1 fully saturated rings. The maximum Gasteiger partial charge on any atom is 0.294 e. The van der Waals surface area contributed by atoms with Crippen molar-refractivity contribution in [3.05, 3.63) is 88.6 Å². The van der Waals surface area contributed by atoms with E-state index in [1.807, 2.05) is 6.92 Å². The zero-order valence-electron chi connectivity index (χ0n) is 20.7. The minimum atomic E-state index is -0.569. The second-order valence-corrected chi connectivity index (χ2v) is 9.06. The number of hydrogen-bond acceptors (Lipinski definition) is 7. The van der Waals surface area contributed by atoms with Gasteiger partial charge in [-0.05, 0) is 72.8 Å². The molecule has 1 aliphatic heterocycles. The highest BCUT2D eigenvalue weighted by Crippen LogP contribution is 2.35. The Morgan fingerprint density at radius 2 is 1.79 bits per heavy atom. The molecule has 0 aromatic heterocycles. The van der Waals surface area contributed by atoms with Crippen LogP contribution in [0.1, 0.15) is 18.1 Å². The van der Waals surface area contributed by atoms with E-state index < -0.39 is 23.6 Å². The Balaban J connectivity index is 1.40. The quantitative estimate of drug-likeness (QED) is 0.343. The SMILES string of the molecule is CCOc1ccc(NC(=O)CN2C(=O)S/C(=C/c3ccc(OCc4ccccc4F)c(OC)c3)C2=O)cc1. The fourth-order valence-corrected chi connectivity index (χ4v) is 4.44. The van der Waals surface area contributed by atoms with Crippen LogP contribution in [-0.4, -0.2) is 42.2 Å². The maximum absolute atomic E-state index is 13.9. The predicted molar refractivity (Wildman–Crippen MR) is 143 cm³/mol. The van der Waals surface area contributed by atoms with E-state index in [1.165, 1.54) is 13.2 Å². The molecular formula is C28H25FN2O6S. The third kappa shape index (κ3) is 6.51. The van der Waals surface area contributed by atoms with E-state index in [-0.39, 0.29) is 17.3 Å². The number of methoxy groups -OCH3 is 1. The lowest BCUT2D eigenvalue weighted by Gasteiger charge is -2.13. The minimum absolute atomic E-state index is 0.0139. The number of imide groups is 1. The third-order valence-corrected chi connectivity index (χ3v) is 6.36. The number of ether oxygens (including phenoxy) is 3. The number of nitrogens with one attached hydrogen (secondary N) is 1. The monoisotopic (exact) mass is 536 g/mol. The maximum atomic E-state index is 13.9. The predicted octanol–water partition coefficient (Wildman–Crippen LogP) is 5.49. The number of halogens is 1. The summed E-state index contributed by atoms with van der Waals surface area (Å²) in [6, 6.07) is 18.1. The molecule has 0 spiro atoms. The Bertz CT molecular complexity index is 1380. The van der Waals surface area contributed by atoms with Crippen molar-refractivity contribution in [1.82, 2.24) is 4.90 Å². The average Bonchev–Trinajstić information content (AvgIpc) is 3.17. The van der Waals surface area contributed by atoms with E-state index in [4.69, 9.17) is 14.2 Å². The van der Waals surface area contributed by atoms with Crippen LogP contribution in [0, 0.1) is 5.82 Å². The van der Waals surface area contributed by atoms with Crippen LogP contribution in [0.3, 0.4) is 0 Å². The van der Waals surface area contributed by atoms with Gasteiger partial charge in [0.15, 0.2) is 11.5 Å². The fourth-order valence-electron chi connectivity index (χ4n) is 3.60. The molecule has 38 heavy (non-hydrogen) atoms. The van der Waals surface area contributed by atoms with Crippen molar-refractivity contribution < 1.29 is 33.0 Å². The van der Waals surface area contributed by atoms with Crippen LogP contribution in [0.15, 0.2) is 71.6 Å². The highest BCUT2D eigenvalue weighted by molar-refractivity contribution is 8.18. The first-order valence-electron chi connectivity index (χ1n) is 11.7. The first-order valence-corrected chi connectivity index (χ1v) is 12.5. The summed E-state index contributed by atoms with van der Waals surface area (Å²) in [5.74, 6) is 0.00214. The molecule has 3 aromatic carbocycles. The molecule has 3 amide bonds. The number of benzene rings is 3. The zero-order valence-corrected chi connectivity index (χ0v) is 21.5. The largest absolute Gasteiger partial charge is 0.494 e. The molecule has 1 aliphatic rings. The van der Waals surface area contributed by atoms with Crippen LogP contribution in [0.25, 0.3) is 6.08 Å². The van der Waals surface area contributed by atoms with Crippen molar-refractivity contribution in [2.24, 2.45) is 0 Å². The van der Waals surface area contributed by atoms with Crippen molar-refractivity contribution in [2.45, 2.75) is 13.5 Å². The smallest absolute Gasteiger partial charge is 0.294 e. The molecule has 3 aromatic rings. The Labute approximate surface area is 223 Å². The molecule has 0 aliphatic carbocycles. The second kappa shape index (κ2) is 12.3. The van der Waals surface area contributed by atoms with Gasteiger partial charge in [0.1, 0.15) is 24.7 Å². The summed E-state index contributed by atoms with van der Waals surface area (Å²) in [5.41, 5.74) is 1.51. The van der Waals surface area contributed by atoms with E-state index in [0.29, 0.717) is 40.7 Å². The van der Waals surface area contributed by atoms with Gasteiger partial charge in [0.25, 0.3) is 11.1 Å². The molecule has 1 heterocycles. The van der Waals surface area contributed by atoms with Crippen LogP contribution in [0.2, 0.25) is 0 Å². The molecular weight excluding hydrogens is 511 g/mol. The lowest BCUT2D eigenvalue weighted by atomic mass is 10.1. The van der Waals surface area contributed by atoms with Gasteiger partial charge in [-0.1, -0.05) is 24.3 Å². The molecule has 1 N–H and O–H groups in total. The van der Waals surface area contributed by atoms with Gasteiger partial charge in [-0.15, -0.1) is 0 Å². The topological polar surface area (TPSA) is 94.2 Å². The first kappa shape index (κ1) is 26.7. The molecule has 8 nitrogen and oxygen atoms in total. The molecule has 0 saturated carbocycles. The lowest BCUT2D eigenvalue weighted by Crippen LogP contribution is -2.36. The highest BCUT2D eigenvalue weighted by atomic mass is 32.2. The third-order valence-electron chi connectivity index (χ3n) is 5.45. The Morgan fingerprint density at radius 3 is 2.50 bits per heavy atom. The summed E-state index contributed by atoms with van der Waals surface area (Å²) >= 11 is 0.747. The number of rotatable bonds is 10. The molecule has 0 bridgehead atoms. The van der Waals surface area contributed by atoms with Gasteiger partial charge < -0.3 is 19.5 Å². The van der Waals surface area contributed by atoms with E-state index in [2.05, 4.69) is 5.32 Å². The molecule has 0 unspecified atom stereocenters. The zero-order chi connectivity index (χ0) is 27.1. The Kier molecular flexibility index (Phi) is 8.65. The Morgan fingerprint density at radius 1 is 1.03 bits per heavy atom. The van der Waals surface area contributed by atoms with E-state index >= 15 is 0 Å². The summed E-state index contributed by atoms with van der Waals surface area (Å²) in [5, 5.41) is 2.13. The number of carbonyl (C=O) groups excluding carboxylic acids is 3. The highest BCUT2D eigenvalue weighted by Gasteiger charge is 2.36. The molecule has 4 rings (SSSR count). The number of nitrogens with zero attached hydrogens (tertiary/aromatic N) is 1. The average molecular weight is 537 g/mol. The molecule has 1 saturated heterocycles. The van der Waals surface area contributed by atoms with Gasteiger partial charge in [-0.2, -0.15) is 0 Å². The molecule has 0 radical (unpaired) electrons. The van der Waals surface area contributed by atoms with Gasteiger partial charge in [0.05, 0.1) is 18.6 Å². The van der Waals surface area contributed by atoms with E-state index in [1.54, 1.807) is 66.7 Å². The number of hydrogen-bond donors (Lipinski definition) is 1. The van der Waals surface area contributed by atoms with Crippen LogP contribution in [0.4, 0.5) is 14.9 Å². The van der Waals surface area contributed by atoms with Crippen molar-refractivity contribution in [3.63, 3.8) is 0 Å². The van der Waals surface area contributed by atoms with E-state index in [0.717, 1.165) is 16.7 Å². The van der Waals surface area contributed by atoms with Crippen molar-refractivity contribution >= 4 is 40.6 Å². The standard InChI is InChI=1S/C28H25FN2O6S/c1-3-36-21-11-9-20(10-12-21)30-26(32)16-31-27(33)25(38-28(31)34)15-18-8-13-23(24(14-18)35-2)37-17-19-6-4-5-7-22(19)29/h4-15H,3,16-17H2,1-2H3,(H,30,32)/b25-15+. The number of anilines is 1. The van der Waals surface area contributed by atoms with Gasteiger partial charge >= 0.3 is 0 Å². The van der Waals surface area contributed by atoms with Crippen molar-refractivity contribution in [3.8, 4) is 17.2 Å². The number of carbonyl (C=O) groups is 3. The second-order valence-electron chi connectivity index (χ2n) is 8.06. The number of thioether (sulfide) groups is 1. The summed E-state index contributed by atoms with van der Waals surface area (Å²) in [4.78, 5) is 38.9. The van der Waals surface area contributed by atoms with Gasteiger partial charge in [0.2, 0.25) is 5.91 Å². The van der Waals surface area contributed by atoms with E-state index in [9.17, 15) is 18.8 Å². The van der Waals surface area contributed by atoms with Gasteiger partial charge in [-0.25, -0.2) is 4.39 Å². The fraction of sp³-hybridized carbons (Fsp3) is 0.179. The summed E-state index contributed by atoms with van der Waals surface area (Å²) < 4.78 is 30.4. The van der Waals surface area contributed by atoms with Crippen molar-refractivity contribution in [2.75, 3.05) is 25.6 Å². The van der Waals surface area contributed by atoms with Crippen LogP contribution in [0.5, 0.6) is 17.2 Å². The van der Waals surface area contributed by atoms with Crippen LogP contribution < -0.4 is 19.5 Å². The minimum Gasteiger partial charge on any atom is -0.494 e. The molecule has 10 heteroatoms. The lowest BCUT2D eigenvalue weighted by molar-refractivity contribution is -0.127. The summed E-state index contributed by atoms with van der Waals surface area (Å²) in [6.07, 6.45) is 1.54. The van der Waals surface area contributed by atoms with Gasteiger partial charge in [-0.3, -0.25) is 19.3 Å². The first-order chi connectivity index (χ1) is 18.4. The summed E-state index contributed by atoms with van der Waals surface area (Å²) in [7, 11) is 1.46. The number of amides is 3. The van der Waals surface area contributed by atoms with Gasteiger partial charge in [0, 0.05) is 11.3 Å². The van der Waals surface area contributed by atoms with Crippen LogP contribution in [-0.2, 0) is 16.2 Å². The normalized spacial score (nSPS) is 14.1. The molecule has 196 valence electrons. The van der Waals surface area contributed by atoms with Crippen LogP contribution >= 0.6 is 11.8 Å².